The van der Waals surface area contributed by atoms with Crippen molar-refractivity contribution < 1.29 is 4.21 Å². The van der Waals surface area contributed by atoms with E-state index in [0.29, 0.717) is 12.3 Å². The van der Waals surface area contributed by atoms with Crippen LogP contribution >= 0.6 is 0 Å². The fourth-order valence-electron chi connectivity index (χ4n) is 1.10. The van der Waals surface area contributed by atoms with E-state index in [1.54, 1.807) is 24.7 Å². The zero-order valence-corrected chi connectivity index (χ0v) is 9.25. The minimum Gasteiger partial charge on any atom is -0.306 e. The average Bonchev–Trinajstić information content (AvgIpc) is 2.15. The molecule has 14 heavy (non-hydrogen) atoms. The first-order valence-corrected chi connectivity index (χ1v) is 6.20. The predicted octanol–water partition coefficient (Wildman–Crippen LogP) is 0.333. The van der Waals surface area contributed by atoms with Gasteiger partial charge < -0.3 is 5.32 Å². The number of nitrogens with zero attached hydrogens (tertiary/aromatic N) is 2. The van der Waals surface area contributed by atoms with Crippen LogP contribution in [-0.4, -0.2) is 32.2 Å². The van der Waals surface area contributed by atoms with Gasteiger partial charge in [0.1, 0.15) is 5.82 Å². The Kier molecular flexibility index (Phi) is 4.69. The van der Waals surface area contributed by atoms with Crippen molar-refractivity contribution in [3.8, 4) is 0 Å². The lowest BCUT2D eigenvalue weighted by molar-refractivity contribution is 0.572. The summed E-state index contributed by atoms with van der Waals surface area (Å²) in [6.07, 6.45) is 5.14. The maximum absolute atomic E-state index is 10.9. The molecule has 1 rings (SSSR count). The van der Waals surface area contributed by atoms with Gasteiger partial charge in [-0.3, -0.25) is 4.21 Å². The summed E-state index contributed by atoms with van der Waals surface area (Å²) in [5, 5.41) is 3.21. The SMILES string of the molecule is CC(CS(C)=O)NCc1ncccn1. The van der Waals surface area contributed by atoms with Crippen LogP contribution in [0.4, 0.5) is 0 Å². The lowest BCUT2D eigenvalue weighted by Gasteiger charge is -2.10. The van der Waals surface area contributed by atoms with E-state index in [2.05, 4.69) is 15.3 Å². The van der Waals surface area contributed by atoms with Crippen LogP contribution in [0, 0.1) is 0 Å². The number of hydrogen-bond donors (Lipinski definition) is 1. The highest BCUT2D eigenvalue weighted by Crippen LogP contribution is 1.90. The van der Waals surface area contributed by atoms with Crippen LogP contribution in [0.5, 0.6) is 0 Å². The van der Waals surface area contributed by atoms with Crippen molar-refractivity contribution in [3.63, 3.8) is 0 Å². The van der Waals surface area contributed by atoms with E-state index >= 15 is 0 Å². The summed E-state index contributed by atoms with van der Waals surface area (Å²) in [5.74, 6) is 1.42. The monoisotopic (exact) mass is 213 g/mol. The quantitative estimate of drug-likeness (QED) is 0.766. The number of rotatable bonds is 5. The lowest BCUT2D eigenvalue weighted by Crippen LogP contribution is -2.31. The molecular formula is C9H15N3OS. The number of hydrogen-bond acceptors (Lipinski definition) is 4. The molecule has 0 amide bonds. The molecule has 0 radical (unpaired) electrons. The van der Waals surface area contributed by atoms with Crippen molar-refractivity contribution in [2.45, 2.75) is 19.5 Å². The first-order chi connectivity index (χ1) is 6.68. The summed E-state index contributed by atoms with van der Waals surface area (Å²) in [4.78, 5) is 8.16. The van der Waals surface area contributed by atoms with Gasteiger partial charge in [0.2, 0.25) is 0 Å². The van der Waals surface area contributed by atoms with Crippen molar-refractivity contribution in [2.75, 3.05) is 12.0 Å². The van der Waals surface area contributed by atoms with Gasteiger partial charge in [-0.15, -0.1) is 0 Å². The van der Waals surface area contributed by atoms with E-state index in [4.69, 9.17) is 0 Å². The highest BCUT2D eigenvalue weighted by atomic mass is 32.2. The zero-order valence-electron chi connectivity index (χ0n) is 8.43. The molecule has 0 aliphatic heterocycles. The van der Waals surface area contributed by atoms with Crippen LogP contribution in [0.1, 0.15) is 12.7 Å². The van der Waals surface area contributed by atoms with Gasteiger partial charge in [0.15, 0.2) is 0 Å². The molecule has 1 aromatic rings. The molecule has 0 aromatic carbocycles. The smallest absolute Gasteiger partial charge is 0.141 e. The molecule has 5 heteroatoms. The standard InChI is InChI=1S/C9H15N3OS/c1-8(7-14(2)13)12-6-9-10-4-3-5-11-9/h3-5,8,12H,6-7H2,1-2H3. The Morgan fingerprint density at radius 3 is 2.71 bits per heavy atom. The first-order valence-electron chi connectivity index (χ1n) is 4.48. The topological polar surface area (TPSA) is 54.9 Å². The van der Waals surface area contributed by atoms with Crippen molar-refractivity contribution >= 4 is 10.8 Å². The molecule has 2 atom stereocenters. The van der Waals surface area contributed by atoms with Crippen molar-refractivity contribution in [1.82, 2.24) is 15.3 Å². The van der Waals surface area contributed by atoms with Gasteiger partial charge >= 0.3 is 0 Å². The summed E-state index contributed by atoms with van der Waals surface area (Å²) < 4.78 is 10.9. The summed E-state index contributed by atoms with van der Waals surface area (Å²) >= 11 is 0. The van der Waals surface area contributed by atoms with Gasteiger partial charge in [-0.05, 0) is 13.0 Å². The molecule has 0 aliphatic carbocycles. The fourth-order valence-corrected chi connectivity index (χ4v) is 1.92. The Bertz CT molecular complexity index is 291. The largest absolute Gasteiger partial charge is 0.306 e. The normalized spacial score (nSPS) is 15.0. The molecule has 0 spiro atoms. The van der Waals surface area contributed by atoms with Gasteiger partial charge in [0.05, 0.1) is 6.54 Å². The van der Waals surface area contributed by atoms with E-state index in [1.165, 1.54) is 0 Å². The summed E-state index contributed by atoms with van der Waals surface area (Å²) in [7, 11) is -0.757. The van der Waals surface area contributed by atoms with E-state index in [9.17, 15) is 4.21 Å². The highest BCUT2D eigenvalue weighted by molar-refractivity contribution is 7.84. The van der Waals surface area contributed by atoms with Crippen molar-refractivity contribution in [3.05, 3.63) is 24.3 Å². The molecule has 78 valence electrons. The maximum Gasteiger partial charge on any atom is 0.141 e. The maximum atomic E-state index is 10.9. The lowest BCUT2D eigenvalue weighted by atomic mass is 10.4. The molecule has 0 bridgehead atoms. The second kappa shape index (κ2) is 5.82. The Balaban J connectivity index is 2.30. The Morgan fingerprint density at radius 1 is 1.50 bits per heavy atom. The first kappa shape index (κ1) is 11.3. The van der Waals surface area contributed by atoms with Crippen LogP contribution in [-0.2, 0) is 17.3 Å². The highest BCUT2D eigenvalue weighted by Gasteiger charge is 2.03. The van der Waals surface area contributed by atoms with Crippen LogP contribution in [0.15, 0.2) is 18.5 Å². The second-order valence-electron chi connectivity index (χ2n) is 3.19. The van der Waals surface area contributed by atoms with Crippen molar-refractivity contribution in [2.24, 2.45) is 0 Å². The Hall–Kier alpha value is -0.810. The second-order valence-corrected chi connectivity index (χ2v) is 4.67. The predicted molar refractivity (Wildman–Crippen MR) is 57.3 cm³/mol. The van der Waals surface area contributed by atoms with Gasteiger partial charge in [0.25, 0.3) is 0 Å². The van der Waals surface area contributed by atoms with Gasteiger partial charge in [-0.2, -0.15) is 0 Å². The third-order valence-corrected chi connectivity index (χ3v) is 2.68. The van der Waals surface area contributed by atoms with Gasteiger partial charge in [-0.1, -0.05) is 0 Å². The number of aromatic nitrogens is 2. The van der Waals surface area contributed by atoms with Crippen LogP contribution in [0.25, 0.3) is 0 Å². The van der Waals surface area contributed by atoms with Gasteiger partial charge in [0, 0.05) is 41.2 Å². The molecule has 1 aromatic heterocycles. The summed E-state index contributed by atoms with van der Waals surface area (Å²) in [6, 6.07) is 2.01. The molecule has 0 saturated heterocycles. The van der Waals surface area contributed by atoms with E-state index < -0.39 is 10.8 Å². The van der Waals surface area contributed by atoms with Crippen LogP contribution < -0.4 is 5.32 Å². The Labute approximate surface area is 86.6 Å². The van der Waals surface area contributed by atoms with E-state index in [0.717, 1.165) is 5.82 Å². The van der Waals surface area contributed by atoms with Crippen LogP contribution in [0.3, 0.4) is 0 Å². The average molecular weight is 213 g/mol. The molecule has 4 nitrogen and oxygen atoms in total. The molecule has 0 saturated carbocycles. The zero-order chi connectivity index (χ0) is 10.4. The third kappa shape index (κ3) is 4.43. The minimum absolute atomic E-state index is 0.227. The Morgan fingerprint density at radius 2 is 2.14 bits per heavy atom. The molecule has 1 N–H and O–H groups in total. The molecule has 0 fully saturated rings. The molecule has 2 unspecified atom stereocenters. The van der Waals surface area contributed by atoms with Gasteiger partial charge in [-0.25, -0.2) is 9.97 Å². The molecule has 0 aliphatic rings. The fraction of sp³-hybridized carbons (Fsp3) is 0.556. The number of nitrogens with one attached hydrogen (secondary N) is 1. The van der Waals surface area contributed by atoms with E-state index in [-0.39, 0.29) is 6.04 Å². The molecular weight excluding hydrogens is 198 g/mol. The third-order valence-electron chi connectivity index (χ3n) is 1.71. The minimum atomic E-state index is -0.757. The van der Waals surface area contributed by atoms with Crippen LogP contribution in [0.2, 0.25) is 0 Å². The van der Waals surface area contributed by atoms with Crippen molar-refractivity contribution in [1.29, 1.82) is 0 Å². The molecule has 1 heterocycles. The summed E-state index contributed by atoms with van der Waals surface area (Å²) in [6.45, 7) is 2.63. The van der Waals surface area contributed by atoms with E-state index in [1.807, 2.05) is 6.92 Å². The summed E-state index contributed by atoms with van der Waals surface area (Å²) in [5.41, 5.74) is 0.